The lowest BCUT2D eigenvalue weighted by Gasteiger charge is -2.34. The van der Waals surface area contributed by atoms with E-state index >= 15 is 0 Å². The molecule has 2 aromatic carbocycles. The molecular weight excluding hydrogens is 376 g/mol. The summed E-state index contributed by atoms with van der Waals surface area (Å²) in [4.78, 5) is 5.01. The SMILES string of the molecule is CC(CN1CCOCC1)c1ccc2c(c1)CN(C)CC2c1ccc2sccc2c1. The van der Waals surface area contributed by atoms with Crippen LogP contribution in [-0.4, -0.2) is 56.2 Å². The summed E-state index contributed by atoms with van der Waals surface area (Å²) in [6.07, 6.45) is 0. The molecule has 0 N–H and O–H groups in total. The van der Waals surface area contributed by atoms with Crippen LogP contribution in [0.15, 0.2) is 47.8 Å². The number of benzene rings is 2. The zero-order valence-electron chi connectivity index (χ0n) is 17.4. The third-order valence-electron chi connectivity index (χ3n) is 6.56. The van der Waals surface area contributed by atoms with Crippen LogP contribution in [0, 0.1) is 0 Å². The van der Waals surface area contributed by atoms with Crippen molar-refractivity contribution < 1.29 is 4.74 Å². The predicted octanol–water partition coefficient (Wildman–Crippen LogP) is 4.91. The van der Waals surface area contributed by atoms with Crippen molar-refractivity contribution in [2.75, 3.05) is 46.4 Å². The Labute approximate surface area is 177 Å². The largest absolute Gasteiger partial charge is 0.379 e. The average Bonchev–Trinajstić information content (AvgIpc) is 3.21. The van der Waals surface area contributed by atoms with Gasteiger partial charge in [0.2, 0.25) is 0 Å². The Morgan fingerprint density at radius 3 is 2.83 bits per heavy atom. The van der Waals surface area contributed by atoms with Crippen molar-refractivity contribution in [1.82, 2.24) is 9.80 Å². The topological polar surface area (TPSA) is 15.7 Å². The summed E-state index contributed by atoms with van der Waals surface area (Å²) < 4.78 is 6.88. The fourth-order valence-electron chi connectivity index (χ4n) is 4.94. The molecule has 1 aromatic heterocycles. The molecule has 2 aliphatic rings. The molecule has 29 heavy (non-hydrogen) atoms. The molecular formula is C25H30N2OS. The first-order valence-corrected chi connectivity index (χ1v) is 11.6. The fraction of sp³-hybridized carbons (Fsp3) is 0.440. The molecule has 5 rings (SSSR count). The van der Waals surface area contributed by atoms with Gasteiger partial charge in [0, 0.05) is 43.3 Å². The Hall–Kier alpha value is -1.72. The summed E-state index contributed by atoms with van der Waals surface area (Å²) in [6, 6.07) is 16.5. The molecule has 3 heterocycles. The zero-order chi connectivity index (χ0) is 19.8. The Kier molecular flexibility index (Phi) is 5.44. The number of hydrogen-bond acceptors (Lipinski definition) is 4. The molecule has 0 bridgehead atoms. The third kappa shape index (κ3) is 3.99. The van der Waals surface area contributed by atoms with Crippen molar-refractivity contribution in [2.45, 2.75) is 25.3 Å². The lowest BCUT2D eigenvalue weighted by molar-refractivity contribution is 0.0357. The van der Waals surface area contributed by atoms with E-state index in [-0.39, 0.29) is 0 Å². The van der Waals surface area contributed by atoms with Gasteiger partial charge in [0.25, 0.3) is 0 Å². The maximum atomic E-state index is 5.50. The molecule has 4 heteroatoms. The van der Waals surface area contributed by atoms with E-state index in [1.807, 2.05) is 11.3 Å². The van der Waals surface area contributed by atoms with Gasteiger partial charge in [-0.3, -0.25) is 4.90 Å². The molecule has 0 spiro atoms. The van der Waals surface area contributed by atoms with E-state index in [1.165, 1.54) is 32.3 Å². The molecule has 3 nitrogen and oxygen atoms in total. The van der Waals surface area contributed by atoms with Crippen molar-refractivity contribution in [3.05, 3.63) is 70.1 Å². The van der Waals surface area contributed by atoms with Gasteiger partial charge in [-0.25, -0.2) is 0 Å². The van der Waals surface area contributed by atoms with Crippen LogP contribution in [0.2, 0.25) is 0 Å². The first-order chi connectivity index (χ1) is 14.2. The van der Waals surface area contributed by atoms with Crippen LogP contribution in [0.4, 0.5) is 0 Å². The Bertz CT molecular complexity index is 991. The van der Waals surface area contributed by atoms with Crippen LogP contribution in [-0.2, 0) is 11.3 Å². The summed E-state index contributed by atoms with van der Waals surface area (Å²) in [5.74, 6) is 1.00. The summed E-state index contributed by atoms with van der Waals surface area (Å²) >= 11 is 1.83. The summed E-state index contributed by atoms with van der Waals surface area (Å²) in [6.45, 7) is 9.49. The molecule has 2 atom stereocenters. The summed E-state index contributed by atoms with van der Waals surface area (Å²) in [5.41, 5.74) is 5.93. The van der Waals surface area contributed by atoms with E-state index in [9.17, 15) is 0 Å². The minimum Gasteiger partial charge on any atom is -0.379 e. The van der Waals surface area contributed by atoms with Crippen molar-refractivity contribution in [3.63, 3.8) is 0 Å². The first kappa shape index (κ1) is 19.3. The van der Waals surface area contributed by atoms with Crippen LogP contribution >= 0.6 is 11.3 Å². The molecule has 1 saturated heterocycles. The average molecular weight is 407 g/mol. The monoisotopic (exact) mass is 406 g/mol. The van der Waals surface area contributed by atoms with E-state index in [4.69, 9.17) is 4.74 Å². The van der Waals surface area contributed by atoms with Gasteiger partial charge in [0.05, 0.1) is 13.2 Å². The zero-order valence-corrected chi connectivity index (χ0v) is 18.3. The summed E-state index contributed by atoms with van der Waals surface area (Å²) in [7, 11) is 2.25. The second kappa shape index (κ2) is 8.19. The second-order valence-electron chi connectivity index (χ2n) is 8.74. The highest BCUT2D eigenvalue weighted by molar-refractivity contribution is 7.17. The normalized spacial score (nSPS) is 21.9. The second-order valence-corrected chi connectivity index (χ2v) is 9.69. The van der Waals surface area contributed by atoms with Gasteiger partial charge in [-0.05, 0) is 64.2 Å². The molecule has 0 amide bonds. The van der Waals surface area contributed by atoms with Crippen LogP contribution in [0.5, 0.6) is 0 Å². The van der Waals surface area contributed by atoms with E-state index in [2.05, 4.69) is 71.6 Å². The molecule has 152 valence electrons. The fourth-order valence-corrected chi connectivity index (χ4v) is 5.71. The van der Waals surface area contributed by atoms with E-state index < -0.39 is 0 Å². The van der Waals surface area contributed by atoms with Gasteiger partial charge in [-0.1, -0.05) is 31.2 Å². The quantitative estimate of drug-likeness (QED) is 0.612. The minimum absolute atomic E-state index is 0.455. The lowest BCUT2D eigenvalue weighted by atomic mass is 9.82. The van der Waals surface area contributed by atoms with E-state index in [1.54, 1.807) is 0 Å². The van der Waals surface area contributed by atoms with Crippen molar-refractivity contribution >= 4 is 21.4 Å². The van der Waals surface area contributed by atoms with Gasteiger partial charge in [-0.2, -0.15) is 0 Å². The summed E-state index contributed by atoms with van der Waals surface area (Å²) in [5, 5.41) is 3.57. The van der Waals surface area contributed by atoms with E-state index in [0.29, 0.717) is 11.8 Å². The van der Waals surface area contributed by atoms with Crippen LogP contribution in [0.25, 0.3) is 10.1 Å². The number of thiophene rings is 1. The van der Waals surface area contributed by atoms with Crippen molar-refractivity contribution in [1.29, 1.82) is 0 Å². The van der Waals surface area contributed by atoms with Gasteiger partial charge < -0.3 is 9.64 Å². The highest BCUT2D eigenvalue weighted by atomic mass is 32.1. The third-order valence-corrected chi connectivity index (χ3v) is 7.46. The number of likely N-dealkylation sites (N-methyl/N-ethyl adjacent to an activating group) is 1. The Morgan fingerprint density at radius 2 is 1.97 bits per heavy atom. The lowest BCUT2D eigenvalue weighted by Crippen LogP contribution is -2.38. The molecule has 3 aromatic rings. The first-order valence-electron chi connectivity index (χ1n) is 10.8. The van der Waals surface area contributed by atoms with Gasteiger partial charge in [0.1, 0.15) is 0 Å². The molecule has 0 saturated carbocycles. The van der Waals surface area contributed by atoms with Crippen LogP contribution in [0.1, 0.15) is 41.0 Å². The molecule has 0 radical (unpaired) electrons. The van der Waals surface area contributed by atoms with Crippen LogP contribution < -0.4 is 0 Å². The molecule has 2 unspecified atom stereocenters. The van der Waals surface area contributed by atoms with Gasteiger partial charge in [0.15, 0.2) is 0 Å². The van der Waals surface area contributed by atoms with Crippen LogP contribution in [0.3, 0.4) is 0 Å². The maximum absolute atomic E-state index is 5.50. The number of hydrogen-bond donors (Lipinski definition) is 0. The molecule has 0 aliphatic carbocycles. The van der Waals surface area contributed by atoms with Gasteiger partial charge >= 0.3 is 0 Å². The Balaban J connectivity index is 1.42. The molecule has 1 fully saturated rings. The Morgan fingerprint density at radius 1 is 1.10 bits per heavy atom. The van der Waals surface area contributed by atoms with Crippen molar-refractivity contribution in [2.24, 2.45) is 0 Å². The number of fused-ring (bicyclic) bond motifs is 2. The van der Waals surface area contributed by atoms with E-state index in [0.717, 1.165) is 45.9 Å². The number of nitrogens with zero attached hydrogens (tertiary/aromatic N) is 2. The standard InChI is InChI=1S/C25H30N2OS/c1-18(15-27-8-10-28-11-9-27)19-3-5-23-22(13-19)16-26(2)17-24(23)20-4-6-25-21(14-20)7-12-29-25/h3-7,12-14,18,24H,8-11,15-17H2,1-2H3. The maximum Gasteiger partial charge on any atom is 0.0594 e. The number of morpholine rings is 1. The predicted molar refractivity (Wildman–Crippen MR) is 122 cm³/mol. The highest BCUT2D eigenvalue weighted by Crippen LogP contribution is 2.36. The number of rotatable bonds is 4. The number of ether oxygens (including phenoxy) is 1. The smallest absolute Gasteiger partial charge is 0.0594 e. The highest BCUT2D eigenvalue weighted by Gasteiger charge is 2.26. The van der Waals surface area contributed by atoms with Gasteiger partial charge in [-0.15, -0.1) is 11.3 Å². The van der Waals surface area contributed by atoms with Crippen molar-refractivity contribution in [3.8, 4) is 0 Å². The molecule has 2 aliphatic heterocycles. The minimum atomic E-state index is 0.455.